The Morgan fingerprint density at radius 1 is 1.12 bits per heavy atom. The summed E-state index contributed by atoms with van der Waals surface area (Å²) in [5.74, 6) is 0.778. The topological polar surface area (TPSA) is 133 Å². The van der Waals surface area contributed by atoms with E-state index in [2.05, 4.69) is 20.4 Å². The Labute approximate surface area is 187 Å². The van der Waals surface area contributed by atoms with E-state index in [1.54, 1.807) is 27.4 Å². The van der Waals surface area contributed by atoms with Gasteiger partial charge in [0.05, 0.1) is 11.9 Å². The molecule has 5 rings (SSSR count). The molecule has 5 aromatic rings. The van der Waals surface area contributed by atoms with Gasteiger partial charge >= 0.3 is 0 Å². The van der Waals surface area contributed by atoms with Crippen LogP contribution in [0, 0.1) is 6.92 Å². The number of hydrogen-bond donors (Lipinski definition) is 2. The van der Waals surface area contributed by atoms with Crippen molar-refractivity contribution in [1.82, 2.24) is 24.1 Å². The van der Waals surface area contributed by atoms with Gasteiger partial charge in [0.1, 0.15) is 35.9 Å². The van der Waals surface area contributed by atoms with Gasteiger partial charge in [-0.3, -0.25) is 14.0 Å². The van der Waals surface area contributed by atoms with E-state index in [1.165, 1.54) is 6.33 Å². The van der Waals surface area contributed by atoms with Crippen molar-refractivity contribution in [1.29, 1.82) is 0 Å². The minimum absolute atomic E-state index is 0.0138. The average Bonchev–Trinajstić information content (AvgIpc) is 3.54. The quantitative estimate of drug-likeness (QED) is 0.416. The van der Waals surface area contributed by atoms with Gasteiger partial charge in [-0.25, -0.2) is 14.6 Å². The van der Waals surface area contributed by atoms with Crippen LogP contribution in [0.5, 0.6) is 0 Å². The normalized spacial score (nSPS) is 11.1. The molecule has 3 N–H and O–H groups in total. The number of primary amides is 1. The number of nitrogens with two attached hydrogens (primary N) is 1. The third-order valence-corrected chi connectivity index (χ3v) is 5.10. The fourth-order valence-electron chi connectivity index (χ4n) is 3.55. The van der Waals surface area contributed by atoms with Crippen molar-refractivity contribution in [2.75, 3.05) is 5.32 Å². The lowest BCUT2D eigenvalue weighted by Crippen LogP contribution is -2.19. The smallest absolute Gasteiger partial charge is 0.275 e. The van der Waals surface area contributed by atoms with E-state index >= 15 is 0 Å². The first-order valence-electron chi connectivity index (χ1n) is 10.1. The first kappa shape index (κ1) is 20.2. The molecule has 0 spiro atoms. The molecule has 0 bridgehead atoms. The second-order valence-corrected chi connectivity index (χ2v) is 7.38. The van der Waals surface area contributed by atoms with Crippen LogP contribution in [-0.2, 0) is 6.54 Å². The molecule has 33 heavy (non-hydrogen) atoms. The summed E-state index contributed by atoms with van der Waals surface area (Å²) in [6, 6.07) is 16.5. The molecule has 0 saturated heterocycles. The SMILES string of the molecule is Cc1ccc(Cn2nccc2NC(=O)c2cc(-c3ccccc3)n3cnc(C(N)=O)c3n2)o1. The van der Waals surface area contributed by atoms with Crippen LogP contribution in [-0.4, -0.2) is 36.0 Å². The molecule has 0 aliphatic rings. The third kappa shape index (κ3) is 3.85. The summed E-state index contributed by atoms with van der Waals surface area (Å²) in [6.45, 7) is 2.21. The number of hydrogen-bond acceptors (Lipinski definition) is 6. The van der Waals surface area contributed by atoms with Gasteiger partial charge < -0.3 is 15.5 Å². The Hall–Kier alpha value is -4.73. The van der Waals surface area contributed by atoms with Gasteiger partial charge in [-0.05, 0) is 30.7 Å². The lowest BCUT2D eigenvalue weighted by Gasteiger charge is -2.11. The van der Waals surface area contributed by atoms with Crippen LogP contribution in [0.1, 0.15) is 32.5 Å². The number of nitrogens with zero attached hydrogens (tertiary/aromatic N) is 5. The number of rotatable bonds is 6. The van der Waals surface area contributed by atoms with E-state index in [4.69, 9.17) is 10.2 Å². The zero-order chi connectivity index (χ0) is 22.9. The van der Waals surface area contributed by atoms with Crippen LogP contribution < -0.4 is 11.1 Å². The summed E-state index contributed by atoms with van der Waals surface area (Å²) in [5, 5.41) is 7.09. The standard InChI is InChI=1S/C23H19N7O3/c1-14-7-8-16(33-14)12-30-19(9-10-26-30)28-23(32)17-11-18(15-5-3-2-4-6-15)29-13-25-20(21(24)31)22(29)27-17/h2-11,13H,12H2,1H3,(H2,24,31)(H,28,32). The van der Waals surface area contributed by atoms with Crippen LogP contribution in [0.4, 0.5) is 5.82 Å². The van der Waals surface area contributed by atoms with Crippen LogP contribution in [0.15, 0.2) is 71.5 Å². The van der Waals surface area contributed by atoms with Gasteiger partial charge in [-0.1, -0.05) is 30.3 Å². The molecule has 4 aromatic heterocycles. The number of nitrogens with one attached hydrogen (secondary N) is 1. The summed E-state index contributed by atoms with van der Waals surface area (Å²) in [4.78, 5) is 33.5. The van der Waals surface area contributed by atoms with E-state index in [9.17, 15) is 9.59 Å². The number of fused-ring (bicyclic) bond motifs is 1. The van der Waals surface area contributed by atoms with Crippen molar-refractivity contribution < 1.29 is 14.0 Å². The molecule has 0 aliphatic heterocycles. The van der Waals surface area contributed by atoms with Crippen LogP contribution in [0.25, 0.3) is 16.9 Å². The number of furan rings is 1. The summed E-state index contributed by atoms with van der Waals surface area (Å²) in [6.07, 6.45) is 3.05. The number of aromatic nitrogens is 5. The fourth-order valence-corrected chi connectivity index (χ4v) is 3.55. The number of carbonyl (C=O) groups is 2. The molecular weight excluding hydrogens is 422 g/mol. The van der Waals surface area contributed by atoms with Crippen molar-refractivity contribution in [3.05, 3.63) is 90.0 Å². The largest absolute Gasteiger partial charge is 0.464 e. The van der Waals surface area contributed by atoms with Crippen LogP contribution >= 0.6 is 0 Å². The number of imidazole rings is 1. The molecular formula is C23H19N7O3. The molecule has 0 radical (unpaired) electrons. The van der Waals surface area contributed by atoms with E-state index in [1.807, 2.05) is 49.4 Å². The van der Waals surface area contributed by atoms with E-state index < -0.39 is 11.8 Å². The highest BCUT2D eigenvalue weighted by Crippen LogP contribution is 2.23. The highest BCUT2D eigenvalue weighted by molar-refractivity contribution is 6.04. The van der Waals surface area contributed by atoms with E-state index in [0.717, 1.165) is 11.3 Å². The number of carbonyl (C=O) groups excluding carboxylic acids is 2. The maximum atomic E-state index is 13.2. The lowest BCUT2D eigenvalue weighted by molar-refractivity contribution is 0.0993. The van der Waals surface area contributed by atoms with Gasteiger partial charge in [-0.15, -0.1) is 0 Å². The maximum Gasteiger partial charge on any atom is 0.275 e. The molecule has 1 aromatic carbocycles. The second kappa shape index (κ2) is 8.08. The predicted octanol–water partition coefficient (Wildman–Crippen LogP) is 2.89. The van der Waals surface area contributed by atoms with Crippen molar-refractivity contribution in [2.24, 2.45) is 5.73 Å². The van der Waals surface area contributed by atoms with Gasteiger partial charge in [0.25, 0.3) is 11.8 Å². The first-order chi connectivity index (χ1) is 16.0. The van der Waals surface area contributed by atoms with Gasteiger partial charge in [0.2, 0.25) is 0 Å². The number of benzene rings is 1. The van der Waals surface area contributed by atoms with E-state index in [0.29, 0.717) is 23.8 Å². The summed E-state index contributed by atoms with van der Waals surface area (Å²) in [7, 11) is 0. The molecule has 4 heterocycles. The highest BCUT2D eigenvalue weighted by Gasteiger charge is 2.20. The number of aryl methyl sites for hydroxylation is 1. The molecule has 2 amide bonds. The molecule has 0 atom stereocenters. The molecule has 10 heteroatoms. The highest BCUT2D eigenvalue weighted by atomic mass is 16.3. The molecule has 164 valence electrons. The zero-order valence-electron chi connectivity index (χ0n) is 17.6. The van der Waals surface area contributed by atoms with Crippen LogP contribution in [0.3, 0.4) is 0 Å². The van der Waals surface area contributed by atoms with Crippen molar-refractivity contribution in [3.8, 4) is 11.3 Å². The average molecular weight is 441 g/mol. The minimum atomic E-state index is -0.728. The molecule has 10 nitrogen and oxygen atoms in total. The summed E-state index contributed by atoms with van der Waals surface area (Å²) in [5.41, 5.74) is 7.23. The first-order valence-corrected chi connectivity index (χ1v) is 10.1. The fraction of sp³-hybridized carbons (Fsp3) is 0.0870. The molecule has 0 fully saturated rings. The second-order valence-electron chi connectivity index (χ2n) is 7.38. The maximum absolute atomic E-state index is 13.2. The lowest BCUT2D eigenvalue weighted by atomic mass is 10.1. The Bertz CT molecular complexity index is 1480. The molecule has 0 aliphatic carbocycles. The molecule has 0 unspecified atom stereocenters. The van der Waals surface area contributed by atoms with Crippen LogP contribution in [0.2, 0.25) is 0 Å². The number of amides is 2. The van der Waals surface area contributed by atoms with Crippen molar-refractivity contribution in [3.63, 3.8) is 0 Å². The number of anilines is 1. The monoisotopic (exact) mass is 441 g/mol. The minimum Gasteiger partial charge on any atom is -0.464 e. The van der Waals surface area contributed by atoms with E-state index in [-0.39, 0.29) is 17.0 Å². The zero-order valence-corrected chi connectivity index (χ0v) is 17.6. The third-order valence-electron chi connectivity index (χ3n) is 5.10. The van der Waals surface area contributed by atoms with Crippen molar-refractivity contribution in [2.45, 2.75) is 13.5 Å². The summed E-state index contributed by atoms with van der Waals surface area (Å²) >= 11 is 0. The summed E-state index contributed by atoms with van der Waals surface area (Å²) < 4.78 is 8.85. The Kier molecular flexibility index (Phi) is 4.94. The molecule has 0 saturated carbocycles. The van der Waals surface area contributed by atoms with Gasteiger partial charge in [0.15, 0.2) is 11.3 Å². The Morgan fingerprint density at radius 3 is 2.67 bits per heavy atom. The predicted molar refractivity (Wildman–Crippen MR) is 120 cm³/mol. The Balaban J connectivity index is 1.52. The van der Waals surface area contributed by atoms with Gasteiger partial charge in [0, 0.05) is 6.07 Å². The Morgan fingerprint density at radius 2 is 1.94 bits per heavy atom. The van der Waals surface area contributed by atoms with Gasteiger partial charge in [-0.2, -0.15) is 5.10 Å². The van der Waals surface area contributed by atoms with Crippen molar-refractivity contribution >= 4 is 23.3 Å².